The smallest absolute Gasteiger partial charge is 0.0764 e. The SMILES string of the molecule is O=S1(c2ccccc2Br)=NCCC1. The highest BCUT2D eigenvalue weighted by atomic mass is 79.9. The Labute approximate surface area is 86.7 Å². The minimum absolute atomic E-state index is 0.704. The van der Waals surface area contributed by atoms with Crippen molar-refractivity contribution in [2.45, 2.75) is 11.3 Å². The number of nitrogens with zero attached hydrogens (tertiary/aromatic N) is 1. The lowest BCUT2D eigenvalue weighted by atomic mass is 10.4. The molecule has 2 rings (SSSR count). The molecule has 0 radical (unpaired) electrons. The van der Waals surface area contributed by atoms with Crippen LogP contribution in [0.1, 0.15) is 6.42 Å². The first kappa shape index (κ1) is 9.21. The summed E-state index contributed by atoms with van der Waals surface area (Å²) >= 11 is 3.40. The van der Waals surface area contributed by atoms with Crippen molar-refractivity contribution in [3.05, 3.63) is 28.7 Å². The van der Waals surface area contributed by atoms with Gasteiger partial charge in [0.25, 0.3) is 0 Å². The molecule has 0 saturated carbocycles. The lowest BCUT2D eigenvalue weighted by molar-refractivity contribution is 0.678. The molecular formula is C9H10BrNOS. The highest BCUT2D eigenvalue weighted by Gasteiger charge is 2.18. The Balaban J connectivity index is 2.59. The fraction of sp³-hybridized carbons (Fsp3) is 0.333. The number of hydrogen-bond acceptors (Lipinski definition) is 2. The van der Waals surface area contributed by atoms with Gasteiger partial charge < -0.3 is 0 Å². The molecule has 70 valence electrons. The van der Waals surface area contributed by atoms with Crippen LogP contribution in [-0.4, -0.2) is 16.5 Å². The van der Waals surface area contributed by atoms with Crippen LogP contribution in [-0.2, 0) is 9.73 Å². The summed E-state index contributed by atoms with van der Waals surface area (Å²) in [5.74, 6) is 0.704. The molecular weight excluding hydrogens is 250 g/mol. The lowest BCUT2D eigenvalue weighted by Gasteiger charge is -2.05. The zero-order valence-corrected chi connectivity index (χ0v) is 9.47. The van der Waals surface area contributed by atoms with Gasteiger partial charge in [-0.15, -0.1) is 0 Å². The number of hydrogen-bond donors (Lipinski definition) is 0. The summed E-state index contributed by atoms with van der Waals surface area (Å²) in [5.41, 5.74) is 0. The first-order chi connectivity index (χ1) is 6.22. The predicted molar refractivity (Wildman–Crippen MR) is 57.3 cm³/mol. The van der Waals surface area contributed by atoms with E-state index in [4.69, 9.17) is 0 Å². The van der Waals surface area contributed by atoms with Crippen molar-refractivity contribution >= 4 is 25.7 Å². The molecule has 0 amide bonds. The Kier molecular flexibility index (Phi) is 2.43. The number of benzene rings is 1. The summed E-state index contributed by atoms with van der Waals surface area (Å²) in [5, 5.41) is 0. The molecule has 1 aliphatic rings. The van der Waals surface area contributed by atoms with Crippen LogP contribution in [0.15, 0.2) is 38.0 Å². The topological polar surface area (TPSA) is 29.4 Å². The Hall–Kier alpha value is -0.350. The average Bonchev–Trinajstić information content (AvgIpc) is 2.54. The lowest BCUT2D eigenvalue weighted by Crippen LogP contribution is -2.01. The van der Waals surface area contributed by atoms with Gasteiger partial charge in [0, 0.05) is 16.8 Å². The zero-order valence-electron chi connectivity index (χ0n) is 7.07. The van der Waals surface area contributed by atoms with Crippen LogP contribution in [0.25, 0.3) is 0 Å². The van der Waals surface area contributed by atoms with Crippen LogP contribution >= 0.6 is 15.9 Å². The van der Waals surface area contributed by atoms with Crippen LogP contribution in [0.5, 0.6) is 0 Å². The van der Waals surface area contributed by atoms with Crippen molar-refractivity contribution in [1.29, 1.82) is 0 Å². The van der Waals surface area contributed by atoms with Gasteiger partial charge in [-0.3, -0.25) is 0 Å². The zero-order chi connectivity index (χ0) is 9.31. The van der Waals surface area contributed by atoms with E-state index in [2.05, 4.69) is 20.3 Å². The van der Waals surface area contributed by atoms with Gasteiger partial charge in [-0.25, -0.2) is 8.57 Å². The van der Waals surface area contributed by atoms with Crippen LogP contribution in [0.3, 0.4) is 0 Å². The van der Waals surface area contributed by atoms with Crippen LogP contribution in [0, 0.1) is 0 Å². The van der Waals surface area contributed by atoms with Gasteiger partial charge in [0.2, 0.25) is 0 Å². The Bertz CT molecular complexity index is 435. The highest BCUT2D eigenvalue weighted by Crippen LogP contribution is 2.26. The summed E-state index contributed by atoms with van der Waals surface area (Å²) in [6.45, 7) is 0.736. The van der Waals surface area contributed by atoms with Gasteiger partial charge in [0.15, 0.2) is 0 Å². The molecule has 0 saturated heterocycles. The molecule has 1 aromatic carbocycles. The quantitative estimate of drug-likeness (QED) is 0.763. The second-order valence-electron chi connectivity index (χ2n) is 2.98. The van der Waals surface area contributed by atoms with E-state index in [1.165, 1.54) is 0 Å². The van der Waals surface area contributed by atoms with Gasteiger partial charge >= 0.3 is 0 Å². The molecule has 0 aliphatic carbocycles. The Morgan fingerprint density at radius 2 is 2.15 bits per heavy atom. The van der Waals surface area contributed by atoms with Crippen molar-refractivity contribution in [3.63, 3.8) is 0 Å². The molecule has 0 bridgehead atoms. The third-order valence-electron chi connectivity index (χ3n) is 2.06. The van der Waals surface area contributed by atoms with Gasteiger partial charge in [-0.1, -0.05) is 12.1 Å². The van der Waals surface area contributed by atoms with E-state index in [9.17, 15) is 4.21 Å². The molecule has 1 heterocycles. The molecule has 13 heavy (non-hydrogen) atoms. The molecule has 4 heteroatoms. The minimum atomic E-state index is -2.09. The largest absolute Gasteiger partial charge is 0.245 e. The standard InChI is InChI=1S/C9H10BrNOS/c10-8-4-1-2-5-9(8)13(12)7-3-6-11-13/h1-2,4-5H,3,6-7H2. The molecule has 1 aromatic rings. The van der Waals surface area contributed by atoms with E-state index < -0.39 is 9.73 Å². The van der Waals surface area contributed by atoms with Crippen molar-refractivity contribution in [2.24, 2.45) is 4.36 Å². The van der Waals surface area contributed by atoms with E-state index in [-0.39, 0.29) is 0 Å². The third-order valence-corrected chi connectivity index (χ3v) is 5.50. The summed E-state index contributed by atoms with van der Waals surface area (Å²) in [6, 6.07) is 7.63. The Morgan fingerprint density at radius 3 is 2.77 bits per heavy atom. The van der Waals surface area contributed by atoms with E-state index >= 15 is 0 Å². The fourth-order valence-electron chi connectivity index (χ4n) is 1.42. The molecule has 1 aliphatic heterocycles. The first-order valence-corrected chi connectivity index (χ1v) is 6.65. The summed E-state index contributed by atoms with van der Waals surface area (Å²) in [6.07, 6.45) is 0.945. The van der Waals surface area contributed by atoms with E-state index in [1.54, 1.807) is 0 Å². The number of halogens is 1. The Morgan fingerprint density at radius 1 is 1.38 bits per heavy atom. The van der Waals surface area contributed by atoms with Crippen molar-refractivity contribution in [1.82, 2.24) is 0 Å². The van der Waals surface area contributed by atoms with Gasteiger partial charge in [0.05, 0.1) is 14.6 Å². The van der Waals surface area contributed by atoms with E-state index in [1.807, 2.05) is 24.3 Å². The van der Waals surface area contributed by atoms with Crippen LogP contribution in [0.2, 0.25) is 0 Å². The van der Waals surface area contributed by atoms with Crippen molar-refractivity contribution in [2.75, 3.05) is 12.3 Å². The molecule has 0 aromatic heterocycles. The molecule has 1 unspecified atom stereocenters. The van der Waals surface area contributed by atoms with Crippen molar-refractivity contribution in [3.8, 4) is 0 Å². The fourth-order valence-corrected chi connectivity index (χ4v) is 4.56. The number of rotatable bonds is 1. The second kappa shape index (κ2) is 3.42. The minimum Gasteiger partial charge on any atom is -0.245 e. The second-order valence-corrected chi connectivity index (χ2v) is 6.22. The average molecular weight is 260 g/mol. The van der Waals surface area contributed by atoms with Crippen LogP contribution in [0.4, 0.5) is 0 Å². The highest BCUT2D eigenvalue weighted by molar-refractivity contribution is 9.10. The maximum atomic E-state index is 12.2. The summed E-state index contributed by atoms with van der Waals surface area (Å²) < 4.78 is 17.3. The molecule has 0 fully saturated rings. The molecule has 1 atom stereocenters. The molecule has 0 spiro atoms. The van der Waals surface area contributed by atoms with E-state index in [0.29, 0.717) is 5.75 Å². The van der Waals surface area contributed by atoms with Gasteiger partial charge in [0.1, 0.15) is 0 Å². The normalized spacial score (nSPS) is 27.2. The monoisotopic (exact) mass is 259 g/mol. The van der Waals surface area contributed by atoms with Crippen molar-refractivity contribution < 1.29 is 4.21 Å². The summed E-state index contributed by atoms with van der Waals surface area (Å²) in [7, 11) is -2.09. The summed E-state index contributed by atoms with van der Waals surface area (Å²) in [4.78, 5) is 0.854. The van der Waals surface area contributed by atoms with Gasteiger partial charge in [-0.05, 0) is 34.5 Å². The van der Waals surface area contributed by atoms with E-state index in [0.717, 1.165) is 22.3 Å². The van der Waals surface area contributed by atoms with Crippen LogP contribution < -0.4 is 0 Å². The maximum Gasteiger partial charge on any atom is 0.0764 e. The first-order valence-electron chi connectivity index (χ1n) is 4.17. The predicted octanol–water partition coefficient (Wildman–Crippen LogP) is 2.68. The third kappa shape index (κ3) is 1.65. The maximum absolute atomic E-state index is 12.2. The molecule has 2 nitrogen and oxygen atoms in total. The molecule has 0 N–H and O–H groups in total. The van der Waals surface area contributed by atoms with Gasteiger partial charge in [-0.2, -0.15) is 0 Å².